The monoisotopic (exact) mass is 364 g/mol. The molecule has 0 aromatic heterocycles. The molecular formula is C22H36O4. The summed E-state index contributed by atoms with van der Waals surface area (Å²) in [5.74, 6) is -0.264. The topological polar surface area (TPSA) is 66.8 Å². The van der Waals surface area contributed by atoms with Crippen LogP contribution in [0.25, 0.3) is 0 Å². The van der Waals surface area contributed by atoms with E-state index in [-0.39, 0.29) is 19.2 Å². The third-order valence-electron chi connectivity index (χ3n) is 3.99. The van der Waals surface area contributed by atoms with Gasteiger partial charge < -0.3 is 14.9 Å². The molecule has 2 N–H and O–H groups in total. The Morgan fingerprint density at radius 1 is 0.808 bits per heavy atom. The standard InChI is InChI=1S/C22H36O4/c1-18(2)8-5-12-22(17-26-20(4)25)13-7-11-21(16-24)10-6-9-19(3)14-15-23/h8,10,13-14,23-24H,5-7,9,11-12,15-17H2,1-4H3/b19-14-,21-10+,22-13-. The predicted molar refractivity (Wildman–Crippen MR) is 108 cm³/mol. The molecule has 4 heteroatoms. The van der Waals surface area contributed by atoms with Crippen LogP contribution in [0.2, 0.25) is 0 Å². The van der Waals surface area contributed by atoms with Gasteiger partial charge in [0.2, 0.25) is 0 Å². The van der Waals surface area contributed by atoms with Gasteiger partial charge in [-0.25, -0.2) is 0 Å². The Kier molecular flexibility index (Phi) is 14.6. The molecule has 0 aliphatic carbocycles. The summed E-state index contributed by atoms with van der Waals surface area (Å²) in [6.07, 6.45) is 13.4. The molecule has 0 bridgehead atoms. The first-order valence-electron chi connectivity index (χ1n) is 9.38. The van der Waals surface area contributed by atoms with E-state index in [1.165, 1.54) is 12.5 Å². The van der Waals surface area contributed by atoms with Crippen molar-refractivity contribution in [2.45, 2.75) is 66.2 Å². The van der Waals surface area contributed by atoms with Gasteiger partial charge in [0, 0.05) is 6.92 Å². The summed E-state index contributed by atoms with van der Waals surface area (Å²) in [6, 6.07) is 0. The maximum Gasteiger partial charge on any atom is 0.302 e. The molecule has 0 fully saturated rings. The Balaban J connectivity index is 4.59. The molecule has 0 spiro atoms. The Morgan fingerprint density at radius 2 is 1.38 bits per heavy atom. The second-order valence-electron chi connectivity index (χ2n) is 6.79. The van der Waals surface area contributed by atoms with Crippen LogP contribution in [-0.2, 0) is 9.53 Å². The lowest BCUT2D eigenvalue weighted by atomic mass is 10.0. The number of rotatable bonds is 13. The smallest absolute Gasteiger partial charge is 0.302 e. The van der Waals surface area contributed by atoms with E-state index in [4.69, 9.17) is 9.84 Å². The highest BCUT2D eigenvalue weighted by Crippen LogP contribution is 2.14. The van der Waals surface area contributed by atoms with E-state index < -0.39 is 0 Å². The van der Waals surface area contributed by atoms with Crippen molar-refractivity contribution in [3.05, 3.63) is 46.6 Å². The average Bonchev–Trinajstić information content (AvgIpc) is 2.57. The third kappa shape index (κ3) is 14.7. The maximum absolute atomic E-state index is 11.1. The summed E-state index contributed by atoms with van der Waals surface area (Å²) < 4.78 is 5.14. The zero-order valence-corrected chi connectivity index (χ0v) is 16.9. The summed E-state index contributed by atoms with van der Waals surface area (Å²) in [5.41, 5.74) is 4.59. The first-order chi connectivity index (χ1) is 12.4. The van der Waals surface area contributed by atoms with E-state index in [2.05, 4.69) is 32.1 Å². The van der Waals surface area contributed by atoms with Gasteiger partial charge in [0.25, 0.3) is 0 Å². The molecule has 148 valence electrons. The fourth-order valence-corrected chi connectivity index (χ4v) is 2.44. The van der Waals surface area contributed by atoms with Crippen molar-refractivity contribution in [1.29, 1.82) is 0 Å². The van der Waals surface area contributed by atoms with Gasteiger partial charge in [-0.3, -0.25) is 4.79 Å². The number of carbonyl (C=O) groups is 1. The Hall–Kier alpha value is -1.65. The lowest BCUT2D eigenvalue weighted by molar-refractivity contribution is -0.140. The molecule has 0 atom stereocenters. The van der Waals surface area contributed by atoms with Gasteiger partial charge in [0.15, 0.2) is 0 Å². The Morgan fingerprint density at radius 3 is 1.96 bits per heavy atom. The number of aliphatic hydroxyl groups is 2. The molecule has 0 amide bonds. The minimum atomic E-state index is -0.264. The summed E-state index contributed by atoms with van der Waals surface area (Å²) >= 11 is 0. The van der Waals surface area contributed by atoms with Crippen LogP contribution in [0.3, 0.4) is 0 Å². The summed E-state index contributed by atoms with van der Waals surface area (Å²) in [4.78, 5) is 11.1. The van der Waals surface area contributed by atoms with Gasteiger partial charge in [-0.2, -0.15) is 0 Å². The van der Waals surface area contributed by atoms with Crippen LogP contribution in [0.5, 0.6) is 0 Å². The highest BCUT2D eigenvalue weighted by Gasteiger charge is 2.02. The van der Waals surface area contributed by atoms with Crippen molar-refractivity contribution < 1.29 is 19.7 Å². The molecule has 0 aliphatic rings. The highest BCUT2D eigenvalue weighted by atomic mass is 16.5. The summed E-state index contributed by atoms with van der Waals surface area (Å²) in [7, 11) is 0. The average molecular weight is 365 g/mol. The number of aliphatic hydroxyl groups excluding tert-OH is 2. The zero-order chi connectivity index (χ0) is 19.8. The van der Waals surface area contributed by atoms with Crippen molar-refractivity contribution >= 4 is 5.97 Å². The van der Waals surface area contributed by atoms with Crippen LogP contribution in [0.4, 0.5) is 0 Å². The Labute approximate surface area is 159 Å². The normalized spacial score (nSPS) is 12.9. The molecule has 0 saturated carbocycles. The van der Waals surface area contributed by atoms with Crippen LogP contribution in [0.15, 0.2) is 46.6 Å². The van der Waals surface area contributed by atoms with E-state index in [1.807, 2.05) is 13.0 Å². The van der Waals surface area contributed by atoms with Crippen LogP contribution in [-0.4, -0.2) is 36.0 Å². The van der Waals surface area contributed by atoms with Crippen LogP contribution < -0.4 is 0 Å². The number of allylic oxidation sites excluding steroid dienone is 5. The van der Waals surface area contributed by atoms with Crippen molar-refractivity contribution in [2.75, 3.05) is 19.8 Å². The van der Waals surface area contributed by atoms with Crippen molar-refractivity contribution in [2.24, 2.45) is 0 Å². The van der Waals surface area contributed by atoms with E-state index in [9.17, 15) is 9.90 Å². The molecule has 0 aromatic rings. The predicted octanol–water partition coefficient (Wildman–Crippen LogP) is 4.64. The Bertz CT molecular complexity index is 520. The fourth-order valence-electron chi connectivity index (χ4n) is 2.44. The maximum atomic E-state index is 11.1. The van der Waals surface area contributed by atoms with E-state index in [0.717, 1.165) is 55.2 Å². The van der Waals surface area contributed by atoms with Gasteiger partial charge in [-0.05, 0) is 70.4 Å². The quantitative estimate of drug-likeness (QED) is 0.369. The second kappa shape index (κ2) is 15.6. The zero-order valence-electron chi connectivity index (χ0n) is 16.9. The molecule has 0 radical (unpaired) electrons. The number of esters is 1. The number of hydrogen-bond acceptors (Lipinski definition) is 4. The minimum Gasteiger partial charge on any atom is -0.461 e. The largest absolute Gasteiger partial charge is 0.461 e. The first kappa shape index (κ1) is 24.4. The van der Waals surface area contributed by atoms with Gasteiger partial charge in [-0.1, -0.05) is 35.5 Å². The van der Waals surface area contributed by atoms with Crippen LogP contribution >= 0.6 is 0 Å². The molecule has 26 heavy (non-hydrogen) atoms. The van der Waals surface area contributed by atoms with Crippen LogP contribution in [0, 0.1) is 0 Å². The SMILES string of the molecule is CC(=O)OC/C(=C\CC/C(=C\CC/C(C)=C\CO)CO)CCC=C(C)C. The number of carbonyl (C=O) groups excluding carboxylic acids is 1. The van der Waals surface area contributed by atoms with E-state index >= 15 is 0 Å². The van der Waals surface area contributed by atoms with Crippen molar-refractivity contribution in [3.8, 4) is 0 Å². The van der Waals surface area contributed by atoms with Gasteiger partial charge in [0.05, 0.1) is 13.2 Å². The molecule has 0 rings (SSSR count). The van der Waals surface area contributed by atoms with Crippen molar-refractivity contribution in [3.63, 3.8) is 0 Å². The van der Waals surface area contributed by atoms with Gasteiger partial charge >= 0.3 is 5.97 Å². The molecule has 0 aliphatic heterocycles. The minimum absolute atomic E-state index is 0.0631. The summed E-state index contributed by atoms with van der Waals surface area (Å²) in [6.45, 7) is 8.05. The lowest BCUT2D eigenvalue weighted by Crippen LogP contribution is -2.03. The molecule has 0 unspecified atom stereocenters. The molecule has 0 saturated heterocycles. The first-order valence-corrected chi connectivity index (χ1v) is 9.38. The van der Waals surface area contributed by atoms with Crippen LogP contribution in [0.1, 0.15) is 66.2 Å². The molecule has 0 heterocycles. The molecule has 0 aromatic carbocycles. The van der Waals surface area contributed by atoms with E-state index in [0.29, 0.717) is 6.61 Å². The van der Waals surface area contributed by atoms with Gasteiger partial charge in [0.1, 0.15) is 6.61 Å². The van der Waals surface area contributed by atoms with Crippen molar-refractivity contribution in [1.82, 2.24) is 0 Å². The van der Waals surface area contributed by atoms with Gasteiger partial charge in [-0.15, -0.1) is 0 Å². The van der Waals surface area contributed by atoms with E-state index in [1.54, 1.807) is 0 Å². The number of hydrogen-bond donors (Lipinski definition) is 2. The lowest BCUT2D eigenvalue weighted by Gasteiger charge is -2.08. The third-order valence-corrected chi connectivity index (χ3v) is 3.99. The number of ether oxygens (including phenoxy) is 1. The second-order valence-corrected chi connectivity index (χ2v) is 6.79. The molecule has 4 nitrogen and oxygen atoms in total. The highest BCUT2D eigenvalue weighted by molar-refractivity contribution is 5.66. The molecular weight excluding hydrogens is 328 g/mol. The fraction of sp³-hybridized carbons (Fsp3) is 0.591. The summed E-state index contributed by atoms with van der Waals surface area (Å²) in [5, 5.41) is 18.4.